The van der Waals surface area contributed by atoms with E-state index in [1.807, 2.05) is 12.1 Å². The van der Waals surface area contributed by atoms with E-state index in [0.29, 0.717) is 23.1 Å². The Hall–Kier alpha value is -1.99. The van der Waals surface area contributed by atoms with Crippen LogP contribution in [0.15, 0.2) is 34.9 Å². The van der Waals surface area contributed by atoms with E-state index in [0.717, 1.165) is 5.56 Å². The van der Waals surface area contributed by atoms with Crippen molar-refractivity contribution < 1.29 is 14.1 Å². The smallest absolute Gasteiger partial charge is 0.238 e. The minimum absolute atomic E-state index is 0.142. The van der Waals surface area contributed by atoms with E-state index >= 15 is 0 Å². The number of hydrogen-bond acceptors (Lipinski definition) is 5. The first-order valence-electron chi connectivity index (χ1n) is 7.31. The van der Waals surface area contributed by atoms with Crippen molar-refractivity contribution in [2.24, 2.45) is 0 Å². The van der Waals surface area contributed by atoms with Gasteiger partial charge in [-0.15, -0.1) is 11.8 Å². The fourth-order valence-corrected chi connectivity index (χ4v) is 2.75. The van der Waals surface area contributed by atoms with Gasteiger partial charge in [-0.25, -0.2) is 0 Å². The molecular formula is C16H18ClN3O3S. The molecule has 2 rings (SSSR count). The maximum absolute atomic E-state index is 12.0. The summed E-state index contributed by atoms with van der Waals surface area (Å²) >= 11 is 7.14. The first-order chi connectivity index (χ1) is 11.4. The van der Waals surface area contributed by atoms with E-state index in [9.17, 15) is 9.59 Å². The van der Waals surface area contributed by atoms with Gasteiger partial charge in [-0.3, -0.25) is 9.59 Å². The number of nitrogens with zero attached hydrogens (tertiary/aromatic N) is 1. The van der Waals surface area contributed by atoms with Gasteiger partial charge >= 0.3 is 0 Å². The van der Waals surface area contributed by atoms with Gasteiger partial charge in [0.05, 0.1) is 11.0 Å². The van der Waals surface area contributed by atoms with Crippen molar-refractivity contribution in [2.75, 3.05) is 11.1 Å². The molecule has 0 aliphatic heterocycles. The predicted molar refractivity (Wildman–Crippen MR) is 95.1 cm³/mol. The second kappa shape index (κ2) is 8.75. The third-order valence-electron chi connectivity index (χ3n) is 3.09. The van der Waals surface area contributed by atoms with Crippen LogP contribution in [-0.2, 0) is 16.1 Å². The number of rotatable bonds is 7. The Kier molecular flexibility index (Phi) is 6.69. The number of halogens is 1. The predicted octanol–water partition coefficient (Wildman–Crippen LogP) is 3.01. The summed E-state index contributed by atoms with van der Waals surface area (Å²) in [6.45, 7) is 3.88. The summed E-state index contributed by atoms with van der Waals surface area (Å²) in [6, 6.07) is 8.92. The number of amides is 2. The van der Waals surface area contributed by atoms with Crippen LogP contribution < -0.4 is 10.6 Å². The summed E-state index contributed by atoms with van der Waals surface area (Å²) in [5, 5.41) is 9.37. The number of carbonyl (C=O) groups excluding carboxylic acids is 2. The van der Waals surface area contributed by atoms with E-state index in [1.54, 1.807) is 32.0 Å². The van der Waals surface area contributed by atoms with E-state index in [4.69, 9.17) is 16.1 Å². The molecule has 2 aromatic rings. The number of hydrogen-bond donors (Lipinski definition) is 2. The summed E-state index contributed by atoms with van der Waals surface area (Å²) in [7, 11) is 0. The average Bonchev–Trinajstić information content (AvgIpc) is 2.95. The second-order valence-corrected chi connectivity index (χ2v) is 6.94. The Balaban J connectivity index is 1.71. The van der Waals surface area contributed by atoms with E-state index in [-0.39, 0.29) is 22.8 Å². The van der Waals surface area contributed by atoms with Gasteiger partial charge < -0.3 is 15.2 Å². The van der Waals surface area contributed by atoms with Crippen LogP contribution in [0.4, 0.5) is 5.82 Å². The van der Waals surface area contributed by atoms with Gasteiger partial charge in [-0.1, -0.05) is 28.9 Å². The van der Waals surface area contributed by atoms with E-state index in [2.05, 4.69) is 15.8 Å². The Labute approximate surface area is 149 Å². The van der Waals surface area contributed by atoms with Gasteiger partial charge in [0, 0.05) is 17.6 Å². The third kappa shape index (κ3) is 5.90. The quantitative estimate of drug-likeness (QED) is 0.785. The van der Waals surface area contributed by atoms with Crippen molar-refractivity contribution in [3.05, 3.63) is 46.7 Å². The van der Waals surface area contributed by atoms with Gasteiger partial charge in [-0.2, -0.15) is 0 Å². The van der Waals surface area contributed by atoms with Crippen molar-refractivity contribution in [2.45, 2.75) is 25.6 Å². The van der Waals surface area contributed by atoms with Crippen LogP contribution >= 0.6 is 23.4 Å². The summed E-state index contributed by atoms with van der Waals surface area (Å²) in [5.74, 6) is 0.807. The second-order valence-electron chi connectivity index (χ2n) is 5.17. The number of carbonyl (C=O) groups is 2. The molecule has 0 spiro atoms. The highest BCUT2D eigenvalue weighted by molar-refractivity contribution is 8.01. The Morgan fingerprint density at radius 2 is 2.17 bits per heavy atom. The maximum Gasteiger partial charge on any atom is 0.238 e. The van der Waals surface area contributed by atoms with Gasteiger partial charge in [0.1, 0.15) is 5.76 Å². The van der Waals surface area contributed by atoms with Crippen molar-refractivity contribution >= 4 is 41.0 Å². The minimum atomic E-state index is -0.390. The molecule has 0 unspecified atom stereocenters. The molecule has 1 heterocycles. The van der Waals surface area contributed by atoms with Crippen LogP contribution in [0, 0.1) is 6.92 Å². The lowest BCUT2D eigenvalue weighted by atomic mass is 10.2. The van der Waals surface area contributed by atoms with Crippen molar-refractivity contribution in [1.29, 1.82) is 0 Å². The molecule has 128 valence electrons. The molecule has 1 atom stereocenters. The zero-order chi connectivity index (χ0) is 17.5. The van der Waals surface area contributed by atoms with Crippen molar-refractivity contribution in [3.63, 3.8) is 0 Å². The van der Waals surface area contributed by atoms with Crippen LogP contribution in [0.2, 0.25) is 5.02 Å². The lowest BCUT2D eigenvalue weighted by Gasteiger charge is -2.10. The number of aryl methyl sites for hydroxylation is 1. The molecule has 0 fully saturated rings. The standard InChI is InChI=1S/C16H18ClN3O3S/c1-10-6-14(20-23-10)19-16(22)11(2)24-9-15(21)18-8-12-4-3-5-13(17)7-12/h3-7,11H,8-9H2,1-2H3,(H,18,21)(H,19,20,22)/t11-/m0/s1. The van der Waals surface area contributed by atoms with Gasteiger partial charge in [0.15, 0.2) is 5.82 Å². The maximum atomic E-state index is 12.0. The lowest BCUT2D eigenvalue weighted by molar-refractivity contribution is -0.118. The number of aromatic nitrogens is 1. The normalized spacial score (nSPS) is 11.8. The summed E-state index contributed by atoms with van der Waals surface area (Å²) in [4.78, 5) is 23.9. The minimum Gasteiger partial charge on any atom is -0.360 e. The van der Waals surface area contributed by atoms with Gasteiger partial charge in [0.25, 0.3) is 0 Å². The molecule has 1 aromatic carbocycles. The monoisotopic (exact) mass is 367 g/mol. The number of benzene rings is 1. The molecule has 0 saturated heterocycles. The van der Waals surface area contributed by atoms with Gasteiger partial charge in [-0.05, 0) is 31.5 Å². The fraction of sp³-hybridized carbons (Fsp3) is 0.312. The van der Waals surface area contributed by atoms with E-state index in [1.165, 1.54) is 11.8 Å². The molecule has 24 heavy (non-hydrogen) atoms. The summed E-state index contributed by atoms with van der Waals surface area (Å²) in [6.07, 6.45) is 0. The molecule has 0 bridgehead atoms. The molecule has 6 nitrogen and oxygen atoms in total. The largest absolute Gasteiger partial charge is 0.360 e. The molecular weight excluding hydrogens is 350 g/mol. The van der Waals surface area contributed by atoms with E-state index < -0.39 is 0 Å². The highest BCUT2D eigenvalue weighted by atomic mass is 35.5. The third-order valence-corrected chi connectivity index (χ3v) is 4.47. The summed E-state index contributed by atoms with van der Waals surface area (Å²) in [5.41, 5.74) is 0.924. The number of thioether (sulfide) groups is 1. The molecule has 0 aliphatic carbocycles. The lowest BCUT2D eigenvalue weighted by Crippen LogP contribution is -2.28. The Morgan fingerprint density at radius 1 is 1.38 bits per heavy atom. The topological polar surface area (TPSA) is 84.2 Å². The highest BCUT2D eigenvalue weighted by Crippen LogP contribution is 2.14. The van der Waals surface area contributed by atoms with Crippen LogP contribution in [0.5, 0.6) is 0 Å². The molecule has 1 aromatic heterocycles. The molecule has 2 amide bonds. The molecule has 2 N–H and O–H groups in total. The van der Waals surface area contributed by atoms with Crippen LogP contribution in [0.1, 0.15) is 18.2 Å². The highest BCUT2D eigenvalue weighted by Gasteiger charge is 2.16. The first-order valence-corrected chi connectivity index (χ1v) is 8.73. The number of anilines is 1. The Morgan fingerprint density at radius 3 is 2.83 bits per heavy atom. The SMILES string of the molecule is Cc1cc(NC(=O)[C@H](C)SCC(=O)NCc2cccc(Cl)c2)no1. The van der Waals surface area contributed by atoms with Crippen LogP contribution in [0.3, 0.4) is 0 Å². The Bertz CT molecular complexity index is 720. The zero-order valence-corrected chi connectivity index (χ0v) is 14.9. The molecule has 0 radical (unpaired) electrons. The van der Waals surface area contributed by atoms with Gasteiger partial charge in [0.2, 0.25) is 11.8 Å². The van der Waals surface area contributed by atoms with Crippen molar-refractivity contribution in [3.8, 4) is 0 Å². The number of nitrogens with one attached hydrogen (secondary N) is 2. The first kappa shape index (κ1) is 18.4. The summed E-state index contributed by atoms with van der Waals surface area (Å²) < 4.78 is 4.88. The van der Waals surface area contributed by atoms with Crippen LogP contribution in [-0.4, -0.2) is 28.0 Å². The molecule has 0 aliphatic rings. The van der Waals surface area contributed by atoms with Crippen LogP contribution in [0.25, 0.3) is 0 Å². The molecule has 8 heteroatoms. The zero-order valence-electron chi connectivity index (χ0n) is 13.3. The molecule has 0 saturated carbocycles. The van der Waals surface area contributed by atoms with Crippen molar-refractivity contribution in [1.82, 2.24) is 10.5 Å². The fourth-order valence-electron chi connectivity index (χ4n) is 1.83. The average molecular weight is 368 g/mol.